The second-order valence-electron chi connectivity index (χ2n) is 5.96. The van der Waals surface area contributed by atoms with E-state index in [0.717, 1.165) is 44.8 Å². The minimum Gasteiger partial charge on any atom is -0.492 e. The fraction of sp³-hybridized carbons (Fsp3) is 0.667. The molecule has 1 aromatic rings. The lowest BCUT2D eigenvalue weighted by atomic mass is 10.0. The van der Waals surface area contributed by atoms with Crippen molar-refractivity contribution in [1.29, 1.82) is 0 Å². The molecule has 0 unspecified atom stereocenters. The van der Waals surface area contributed by atoms with Crippen LogP contribution >= 0.6 is 0 Å². The van der Waals surface area contributed by atoms with Crippen LogP contribution in [-0.2, 0) is 6.42 Å². The van der Waals surface area contributed by atoms with Gasteiger partial charge in [0.1, 0.15) is 12.4 Å². The molecule has 118 valence electrons. The average Bonchev–Trinajstić information content (AvgIpc) is 3.35. The summed E-state index contributed by atoms with van der Waals surface area (Å²) in [5, 5.41) is 9.89. The maximum atomic E-state index is 9.89. The third-order valence-corrected chi connectivity index (χ3v) is 4.39. The van der Waals surface area contributed by atoms with Crippen molar-refractivity contribution in [2.75, 3.05) is 26.2 Å². The van der Waals surface area contributed by atoms with Crippen LogP contribution in [0.25, 0.3) is 0 Å². The Kier molecular flexibility index (Phi) is 6.52. The minimum atomic E-state index is -0.102. The number of benzene rings is 1. The predicted octanol–water partition coefficient (Wildman–Crippen LogP) is 3.11. The van der Waals surface area contributed by atoms with Gasteiger partial charge in [-0.25, -0.2) is 0 Å². The molecule has 3 nitrogen and oxygen atoms in total. The molecule has 1 aliphatic carbocycles. The summed E-state index contributed by atoms with van der Waals surface area (Å²) < 4.78 is 5.78. The van der Waals surface area contributed by atoms with E-state index in [1.54, 1.807) is 0 Å². The standard InChI is InChI=1S/C18H29NO2/c1-3-19(4-2)13-14-21-17-10-5-15(6-11-17)7-12-18(20)16-8-9-16/h5-6,10-11,16,18,20H,3-4,7-9,12-14H2,1-2H3/t18-/m1/s1. The van der Waals surface area contributed by atoms with Gasteiger partial charge >= 0.3 is 0 Å². The van der Waals surface area contributed by atoms with E-state index in [9.17, 15) is 5.11 Å². The quantitative estimate of drug-likeness (QED) is 0.719. The van der Waals surface area contributed by atoms with E-state index in [0.29, 0.717) is 5.92 Å². The molecule has 0 saturated heterocycles. The number of hydrogen-bond donors (Lipinski definition) is 1. The molecule has 0 spiro atoms. The van der Waals surface area contributed by atoms with Gasteiger partial charge in [0, 0.05) is 6.54 Å². The molecule has 0 heterocycles. The van der Waals surface area contributed by atoms with Crippen molar-refractivity contribution in [2.45, 2.75) is 45.6 Å². The molecule has 3 heteroatoms. The van der Waals surface area contributed by atoms with E-state index in [1.165, 1.54) is 18.4 Å². The molecule has 1 aromatic carbocycles. The molecule has 21 heavy (non-hydrogen) atoms. The fourth-order valence-corrected chi connectivity index (χ4v) is 2.62. The highest BCUT2D eigenvalue weighted by atomic mass is 16.5. The Labute approximate surface area is 128 Å². The molecule has 1 atom stereocenters. The minimum absolute atomic E-state index is 0.102. The van der Waals surface area contributed by atoms with Crippen molar-refractivity contribution in [3.63, 3.8) is 0 Å². The zero-order valence-electron chi connectivity index (χ0n) is 13.4. The first-order chi connectivity index (χ1) is 10.2. The summed E-state index contributed by atoms with van der Waals surface area (Å²) in [6.07, 6.45) is 4.15. The van der Waals surface area contributed by atoms with E-state index >= 15 is 0 Å². The van der Waals surface area contributed by atoms with Crippen LogP contribution < -0.4 is 4.74 Å². The van der Waals surface area contributed by atoms with E-state index in [-0.39, 0.29) is 6.10 Å². The van der Waals surface area contributed by atoms with Crippen molar-refractivity contribution in [3.8, 4) is 5.75 Å². The van der Waals surface area contributed by atoms with E-state index < -0.39 is 0 Å². The van der Waals surface area contributed by atoms with Crippen LogP contribution in [0.3, 0.4) is 0 Å². The zero-order valence-corrected chi connectivity index (χ0v) is 13.4. The summed E-state index contributed by atoms with van der Waals surface area (Å²) in [5.74, 6) is 1.52. The first-order valence-electron chi connectivity index (χ1n) is 8.35. The molecule has 1 fully saturated rings. The molecule has 0 bridgehead atoms. The maximum Gasteiger partial charge on any atom is 0.119 e. The average molecular weight is 291 g/mol. The van der Waals surface area contributed by atoms with Crippen molar-refractivity contribution in [2.24, 2.45) is 5.92 Å². The second-order valence-corrected chi connectivity index (χ2v) is 5.96. The van der Waals surface area contributed by atoms with E-state index in [4.69, 9.17) is 4.74 Å². The number of ether oxygens (including phenoxy) is 1. The van der Waals surface area contributed by atoms with Crippen molar-refractivity contribution < 1.29 is 9.84 Å². The Bertz CT molecular complexity index is 396. The number of aryl methyl sites for hydroxylation is 1. The van der Waals surface area contributed by atoms with Crippen LogP contribution in [0.15, 0.2) is 24.3 Å². The van der Waals surface area contributed by atoms with Gasteiger partial charge in [0.2, 0.25) is 0 Å². The van der Waals surface area contributed by atoms with Crippen LogP contribution in [0.5, 0.6) is 5.75 Å². The molecule has 1 N–H and O–H groups in total. The summed E-state index contributed by atoms with van der Waals surface area (Å²) in [6, 6.07) is 8.32. The number of aliphatic hydroxyl groups excluding tert-OH is 1. The lowest BCUT2D eigenvalue weighted by Crippen LogP contribution is -2.27. The topological polar surface area (TPSA) is 32.7 Å². The molecule has 0 amide bonds. The van der Waals surface area contributed by atoms with Gasteiger partial charge < -0.3 is 14.7 Å². The third kappa shape index (κ3) is 5.68. The lowest BCUT2D eigenvalue weighted by Gasteiger charge is -2.18. The molecule has 2 rings (SSSR count). The molecular formula is C18H29NO2. The predicted molar refractivity (Wildman–Crippen MR) is 86.8 cm³/mol. The molecular weight excluding hydrogens is 262 g/mol. The molecule has 0 radical (unpaired) electrons. The Balaban J connectivity index is 1.68. The monoisotopic (exact) mass is 291 g/mol. The maximum absolute atomic E-state index is 9.89. The Morgan fingerprint density at radius 1 is 1.19 bits per heavy atom. The van der Waals surface area contributed by atoms with Crippen LogP contribution in [0, 0.1) is 5.92 Å². The van der Waals surface area contributed by atoms with Gasteiger partial charge in [0.05, 0.1) is 6.10 Å². The van der Waals surface area contributed by atoms with Crippen molar-refractivity contribution in [1.82, 2.24) is 4.90 Å². The van der Waals surface area contributed by atoms with Gasteiger partial charge in [-0.15, -0.1) is 0 Å². The first kappa shape index (κ1) is 16.3. The van der Waals surface area contributed by atoms with Gasteiger partial charge in [-0.05, 0) is 62.4 Å². The summed E-state index contributed by atoms with van der Waals surface area (Å²) in [7, 11) is 0. The lowest BCUT2D eigenvalue weighted by molar-refractivity contribution is 0.142. The van der Waals surface area contributed by atoms with Crippen LogP contribution in [0.1, 0.15) is 38.7 Å². The first-order valence-corrected chi connectivity index (χ1v) is 8.35. The molecule has 0 aliphatic heterocycles. The second kappa shape index (κ2) is 8.40. The largest absolute Gasteiger partial charge is 0.492 e. The van der Waals surface area contributed by atoms with E-state index in [2.05, 4.69) is 30.9 Å². The number of nitrogens with zero attached hydrogens (tertiary/aromatic N) is 1. The number of aliphatic hydroxyl groups is 1. The summed E-state index contributed by atoms with van der Waals surface area (Å²) in [6.45, 7) is 8.21. The smallest absolute Gasteiger partial charge is 0.119 e. The fourth-order valence-electron chi connectivity index (χ4n) is 2.62. The van der Waals surface area contributed by atoms with Gasteiger partial charge in [-0.2, -0.15) is 0 Å². The van der Waals surface area contributed by atoms with Crippen LogP contribution in [0.2, 0.25) is 0 Å². The molecule has 1 saturated carbocycles. The van der Waals surface area contributed by atoms with Gasteiger partial charge in [-0.1, -0.05) is 26.0 Å². The van der Waals surface area contributed by atoms with E-state index in [1.807, 2.05) is 12.1 Å². The third-order valence-electron chi connectivity index (χ3n) is 4.39. The SMILES string of the molecule is CCN(CC)CCOc1ccc(CC[C@@H](O)C2CC2)cc1. The van der Waals surface area contributed by atoms with Crippen molar-refractivity contribution >= 4 is 0 Å². The highest BCUT2D eigenvalue weighted by molar-refractivity contribution is 5.27. The van der Waals surface area contributed by atoms with Gasteiger partial charge in [0.15, 0.2) is 0 Å². The van der Waals surface area contributed by atoms with Crippen LogP contribution in [0.4, 0.5) is 0 Å². The summed E-state index contributed by atoms with van der Waals surface area (Å²) >= 11 is 0. The Morgan fingerprint density at radius 3 is 2.43 bits per heavy atom. The number of hydrogen-bond acceptors (Lipinski definition) is 3. The van der Waals surface area contributed by atoms with Crippen LogP contribution in [-0.4, -0.2) is 42.4 Å². The number of rotatable bonds is 10. The van der Waals surface area contributed by atoms with Gasteiger partial charge in [-0.3, -0.25) is 0 Å². The Morgan fingerprint density at radius 2 is 1.86 bits per heavy atom. The molecule has 0 aromatic heterocycles. The van der Waals surface area contributed by atoms with Gasteiger partial charge in [0.25, 0.3) is 0 Å². The summed E-state index contributed by atoms with van der Waals surface area (Å²) in [4.78, 5) is 2.35. The highest BCUT2D eigenvalue weighted by Gasteiger charge is 2.28. The Hall–Kier alpha value is -1.06. The zero-order chi connectivity index (χ0) is 15.1. The normalized spacial score (nSPS) is 16.2. The number of likely N-dealkylation sites (N-methyl/N-ethyl adjacent to an activating group) is 1. The summed E-state index contributed by atoms with van der Waals surface area (Å²) in [5.41, 5.74) is 1.28. The molecule has 1 aliphatic rings. The highest BCUT2D eigenvalue weighted by Crippen LogP contribution is 2.34. The van der Waals surface area contributed by atoms with Crippen molar-refractivity contribution in [3.05, 3.63) is 29.8 Å².